The summed E-state index contributed by atoms with van der Waals surface area (Å²) in [5, 5.41) is 0. The lowest BCUT2D eigenvalue weighted by atomic mass is 10.2. The molecule has 7 heteroatoms. The number of thiocarbonyl (C=S) groups is 1. The van der Waals surface area contributed by atoms with Crippen molar-refractivity contribution in [1.82, 2.24) is 4.90 Å². The van der Waals surface area contributed by atoms with Crippen LogP contribution in [0.25, 0.3) is 6.08 Å². The maximum atomic E-state index is 12.6. The lowest BCUT2D eigenvalue weighted by Crippen LogP contribution is -3.15. The zero-order valence-corrected chi connectivity index (χ0v) is 15.3. The number of amides is 1. The van der Waals surface area contributed by atoms with Crippen LogP contribution in [0.4, 0.5) is 0 Å². The minimum absolute atomic E-state index is 0.00197. The Hall–Kier alpha value is -1.41. The number of quaternary nitrogens is 1. The van der Waals surface area contributed by atoms with Gasteiger partial charge in [-0.05, 0) is 30.7 Å². The predicted molar refractivity (Wildman–Crippen MR) is 99.0 cm³/mol. The third kappa shape index (κ3) is 4.16. The molecule has 0 saturated carbocycles. The van der Waals surface area contributed by atoms with Crippen LogP contribution in [0.2, 0.25) is 0 Å². The van der Waals surface area contributed by atoms with Crippen LogP contribution in [0.3, 0.4) is 0 Å². The van der Waals surface area contributed by atoms with Crippen LogP contribution in [-0.4, -0.2) is 54.7 Å². The van der Waals surface area contributed by atoms with E-state index in [-0.39, 0.29) is 5.91 Å². The topological polar surface area (TPSA) is 43.2 Å². The monoisotopic (exact) mass is 365 g/mol. The largest absolute Gasteiger partial charge is 0.494 e. The Bertz CT molecular complexity index is 640. The van der Waals surface area contributed by atoms with Crippen LogP contribution in [0, 0.1) is 0 Å². The molecule has 3 rings (SSSR count). The summed E-state index contributed by atoms with van der Waals surface area (Å²) in [5.74, 6) is 0.830. The van der Waals surface area contributed by atoms with Gasteiger partial charge in [0, 0.05) is 0 Å². The normalized spacial score (nSPS) is 20.9. The second-order valence-electron chi connectivity index (χ2n) is 5.63. The molecule has 2 fully saturated rings. The third-order valence-electron chi connectivity index (χ3n) is 3.94. The Morgan fingerprint density at radius 1 is 1.33 bits per heavy atom. The molecule has 2 heterocycles. The van der Waals surface area contributed by atoms with E-state index in [1.54, 1.807) is 4.90 Å². The van der Waals surface area contributed by atoms with E-state index in [0.29, 0.717) is 22.5 Å². The molecule has 24 heavy (non-hydrogen) atoms. The van der Waals surface area contributed by atoms with Gasteiger partial charge in [-0.2, -0.15) is 0 Å². The summed E-state index contributed by atoms with van der Waals surface area (Å²) in [6, 6.07) is 7.72. The zero-order chi connectivity index (χ0) is 16.9. The number of morpholine rings is 1. The Morgan fingerprint density at radius 3 is 2.71 bits per heavy atom. The van der Waals surface area contributed by atoms with Gasteiger partial charge in [0.15, 0.2) is 11.0 Å². The van der Waals surface area contributed by atoms with Crippen molar-refractivity contribution in [3.8, 4) is 5.75 Å². The van der Waals surface area contributed by atoms with Crippen LogP contribution in [0.1, 0.15) is 12.5 Å². The fraction of sp³-hybridized carbons (Fsp3) is 0.412. The molecular weight excluding hydrogens is 344 g/mol. The van der Waals surface area contributed by atoms with E-state index >= 15 is 0 Å². The molecular formula is C17H21N2O3S2+. The van der Waals surface area contributed by atoms with E-state index in [2.05, 4.69) is 0 Å². The second kappa shape index (κ2) is 8.11. The summed E-state index contributed by atoms with van der Waals surface area (Å²) in [7, 11) is 0. The van der Waals surface area contributed by atoms with Crippen LogP contribution in [0.15, 0.2) is 29.2 Å². The van der Waals surface area contributed by atoms with Gasteiger partial charge in [0.2, 0.25) is 0 Å². The van der Waals surface area contributed by atoms with E-state index < -0.39 is 0 Å². The van der Waals surface area contributed by atoms with Crippen LogP contribution in [0.5, 0.6) is 5.75 Å². The average molecular weight is 366 g/mol. The highest BCUT2D eigenvalue weighted by Gasteiger charge is 2.34. The number of nitrogens with zero attached hydrogens (tertiary/aromatic N) is 1. The van der Waals surface area contributed by atoms with Gasteiger partial charge >= 0.3 is 0 Å². The fourth-order valence-electron chi connectivity index (χ4n) is 2.66. The molecule has 0 aromatic heterocycles. The van der Waals surface area contributed by atoms with E-state index in [4.69, 9.17) is 21.7 Å². The van der Waals surface area contributed by atoms with Gasteiger partial charge in [0.1, 0.15) is 18.8 Å². The lowest BCUT2D eigenvalue weighted by Gasteiger charge is -2.27. The van der Waals surface area contributed by atoms with Crippen molar-refractivity contribution in [3.05, 3.63) is 34.7 Å². The molecule has 1 N–H and O–H groups in total. The summed E-state index contributed by atoms with van der Waals surface area (Å²) < 4.78 is 11.4. The predicted octanol–water partition coefficient (Wildman–Crippen LogP) is 1.16. The van der Waals surface area contributed by atoms with Crippen molar-refractivity contribution in [2.45, 2.75) is 6.92 Å². The van der Waals surface area contributed by atoms with E-state index in [9.17, 15) is 4.79 Å². The Balaban J connectivity index is 1.68. The first-order valence-corrected chi connectivity index (χ1v) is 9.29. The van der Waals surface area contributed by atoms with Gasteiger partial charge < -0.3 is 14.4 Å². The third-order valence-corrected chi connectivity index (χ3v) is 5.32. The molecule has 1 aromatic rings. The van der Waals surface area contributed by atoms with Gasteiger partial charge in [-0.25, -0.2) is 4.90 Å². The van der Waals surface area contributed by atoms with Crippen LogP contribution < -0.4 is 9.64 Å². The molecule has 5 nitrogen and oxygen atoms in total. The first-order valence-electron chi connectivity index (χ1n) is 8.07. The second-order valence-corrected chi connectivity index (χ2v) is 7.31. The Kier molecular flexibility index (Phi) is 5.89. The van der Waals surface area contributed by atoms with Crippen molar-refractivity contribution in [3.63, 3.8) is 0 Å². The highest BCUT2D eigenvalue weighted by atomic mass is 32.2. The first-order chi connectivity index (χ1) is 11.7. The number of nitrogens with one attached hydrogen (secondary N) is 1. The van der Waals surface area contributed by atoms with E-state index in [0.717, 1.165) is 37.6 Å². The number of hydrogen-bond donors (Lipinski definition) is 1. The number of carbonyl (C=O) groups excluding carboxylic acids is 1. The van der Waals surface area contributed by atoms with Crippen molar-refractivity contribution >= 4 is 40.3 Å². The molecule has 128 valence electrons. The average Bonchev–Trinajstić information content (AvgIpc) is 2.85. The Morgan fingerprint density at radius 2 is 2.04 bits per heavy atom. The molecule has 1 amide bonds. The van der Waals surface area contributed by atoms with E-state index in [1.807, 2.05) is 37.3 Å². The summed E-state index contributed by atoms with van der Waals surface area (Å²) in [6.07, 6.45) is 1.89. The number of benzene rings is 1. The van der Waals surface area contributed by atoms with Gasteiger partial charge in [0.25, 0.3) is 5.91 Å². The van der Waals surface area contributed by atoms with Crippen LogP contribution in [-0.2, 0) is 9.53 Å². The van der Waals surface area contributed by atoms with E-state index in [1.165, 1.54) is 16.7 Å². The summed E-state index contributed by atoms with van der Waals surface area (Å²) in [4.78, 5) is 16.4. The molecule has 0 aliphatic carbocycles. The van der Waals surface area contributed by atoms with Crippen molar-refractivity contribution in [2.24, 2.45) is 0 Å². The number of carbonyl (C=O) groups is 1. The van der Waals surface area contributed by atoms with Gasteiger partial charge in [-0.1, -0.05) is 36.1 Å². The van der Waals surface area contributed by atoms with Crippen molar-refractivity contribution in [2.75, 3.05) is 39.6 Å². The number of hydrogen-bond acceptors (Lipinski definition) is 5. The lowest BCUT2D eigenvalue weighted by molar-refractivity contribution is -0.914. The number of ether oxygens (including phenoxy) is 2. The first kappa shape index (κ1) is 17.4. The summed E-state index contributed by atoms with van der Waals surface area (Å²) in [5.41, 5.74) is 0.970. The molecule has 0 radical (unpaired) electrons. The molecule has 0 spiro atoms. The van der Waals surface area contributed by atoms with Crippen molar-refractivity contribution in [1.29, 1.82) is 0 Å². The molecule has 0 atom stereocenters. The van der Waals surface area contributed by atoms with Gasteiger partial charge in [-0.15, -0.1) is 0 Å². The minimum Gasteiger partial charge on any atom is -0.494 e. The highest BCUT2D eigenvalue weighted by molar-refractivity contribution is 8.26. The van der Waals surface area contributed by atoms with Gasteiger partial charge in [-0.3, -0.25) is 4.79 Å². The van der Waals surface area contributed by atoms with Crippen LogP contribution >= 0.6 is 24.0 Å². The SMILES string of the molecule is CCOc1ccc(/C=C2/SC(=S)N(C[NH+]3CCOCC3)C2=O)cc1. The minimum atomic E-state index is -0.00197. The molecule has 0 bridgehead atoms. The molecule has 2 aliphatic heterocycles. The fourth-order valence-corrected chi connectivity index (χ4v) is 3.91. The number of rotatable bonds is 5. The molecule has 2 aliphatic rings. The maximum absolute atomic E-state index is 12.6. The molecule has 1 aromatic carbocycles. The standard InChI is InChI=1S/C17H20N2O3S2/c1-2-22-14-5-3-13(4-6-14)11-15-16(20)19(17(23)24-15)12-18-7-9-21-10-8-18/h3-6,11H,2,7-10,12H2,1H3/p+1/b15-11+. The summed E-state index contributed by atoms with van der Waals surface area (Å²) in [6.45, 7) is 6.52. The van der Waals surface area contributed by atoms with Gasteiger partial charge in [0.05, 0.1) is 24.7 Å². The smallest absolute Gasteiger partial charge is 0.270 e. The molecule has 2 saturated heterocycles. The zero-order valence-electron chi connectivity index (χ0n) is 13.6. The number of thioether (sulfide) groups is 1. The highest BCUT2D eigenvalue weighted by Crippen LogP contribution is 2.32. The molecule has 0 unspecified atom stereocenters. The summed E-state index contributed by atoms with van der Waals surface area (Å²) >= 11 is 6.77. The maximum Gasteiger partial charge on any atom is 0.270 e. The quantitative estimate of drug-likeness (QED) is 0.627. The Labute approximate surface area is 151 Å². The van der Waals surface area contributed by atoms with Crippen molar-refractivity contribution < 1.29 is 19.2 Å².